The molecule has 29 heavy (non-hydrogen) atoms. The van der Waals surface area contributed by atoms with Gasteiger partial charge in [0.1, 0.15) is 0 Å². The molecule has 2 aromatic rings. The van der Waals surface area contributed by atoms with E-state index in [9.17, 15) is 9.59 Å². The average molecular weight is 441 g/mol. The van der Waals surface area contributed by atoms with Gasteiger partial charge in [-0.3, -0.25) is 9.59 Å². The maximum Gasteiger partial charge on any atom is 0.224 e. The van der Waals surface area contributed by atoms with Crippen LogP contribution in [0.25, 0.3) is 6.08 Å². The number of rotatable bonds is 3. The standard InChI is InChI=1S/C22H20N2O2S3/c1-22(2,21(23)26)18-19(25)17(29-20(18)27)11-12-8-9-14-16(10-12)28-15-7-5-4-6-13(15)24(14)3/h4-11,18H,1-3H3,(H2,23,26). The molecule has 2 aromatic carbocycles. The first-order valence-electron chi connectivity index (χ1n) is 9.12. The molecule has 1 fully saturated rings. The number of carbonyl (C=O) groups excluding carboxylic acids is 2. The second-order valence-corrected chi connectivity index (χ2v) is 10.5. The second-order valence-electron chi connectivity index (χ2n) is 7.67. The number of allylic oxidation sites excluding steroid dienone is 1. The summed E-state index contributed by atoms with van der Waals surface area (Å²) < 4.78 is 0.506. The van der Waals surface area contributed by atoms with Crippen LogP contribution < -0.4 is 10.6 Å². The van der Waals surface area contributed by atoms with Crippen LogP contribution in [0.1, 0.15) is 19.4 Å². The van der Waals surface area contributed by atoms with Crippen LogP contribution in [0.15, 0.2) is 57.2 Å². The van der Waals surface area contributed by atoms with E-state index in [1.807, 2.05) is 24.3 Å². The number of benzene rings is 2. The van der Waals surface area contributed by atoms with Gasteiger partial charge >= 0.3 is 0 Å². The Morgan fingerprint density at radius 1 is 1.14 bits per heavy atom. The zero-order valence-electron chi connectivity index (χ0n) is 16.3. The highest BCUT2D eigenvalue weighted by molar-refractivity contribution is 8.27. The molecule has 2 heterocycles. The fourth-order valence-corrected chi connectivity index (χ4v) is 6.55. The molecule has 2 aliphatic heterocycles. The van der Waals surface area contributed by atoms with Crippen LogP contribution in [0.4, 0.5) is 11.4 Å². The van der Waals surface area contributed by atoms with Crippen LogP contribution in [0.5, 0.6) is 0 Å². The van der Waals surface area contributed by atoms with Crippen LogP contribution >= 0.6 is 35.7 Å². The summed E-state index contributed by atoms with van der Waals surface area (Å²) in [4.78, 5) is 29.9. The van der Waals surface area contributed by atoms with E-state index in [-0.39, 0.29) is 5.78 Å². The molecule has 4 nitrogen and oxygen atoms in total. The first-order valence-corrected chi connectivity index (χ1v) is 11.2. The van der Waals surface area contributed by atoms with Crippen LogP contribution in [0.3, 0.4) is 0 Å². The highest BCUT2D eigenvalue weighted by atomic mass is 32.2. The molecule has 0 aromatic heterocycles. The predicted molar refractivity (Wildman–Crippen MR) is 125 cm³/mol. The Balaban J connectivity index is 1.66. The number of amides is 1. The Bertz CT molecular complexity index is 1090. The number of hydrogen-bond donors (Lipinski definition) is 1. The lowest BCUT2D eigenvalue weighted by Gasteiger charge is -2.29. The number of nitrogens with zero attached hydrogens (tertiary/aromatic N) is 1. The number of thioether (sulfide) groups is 1. The number of para-hydroxylation sites is 1. The van der Waals surface area contributed by atoms with Crippen LogP contribution in [-0.2, 0) is 9.59 Å². The molecule has 1 saturated heterocycles. The summed E-state index contributed by atoms with van der Waals surface area (Å²) in [6.07, 6.45) is 1.86. The second kappa shape index (κ2) is 7.31. The van der Waals surface area contributed by atoms with E-state index in [1.54, 1.807) is 25.6 Å². The lowest BCUT2D eigenvalue weighted by Crippen LogP contribution is -2.42. The van der Waals surface area contributed by atoms with Gasteiger partial charge in [-0.05, 0) is 49.8 Å². The van der Waals surface area contributed by atoms with Crippen molar-refractivity contribution in [3.05, 3.63) is 52.9 Å². The van der Waals surface area contributed by atoms with E-state index < -0.39 is 17.2 Å². The van der Waals surface area contributed by atoms with Crippen molar-refractivity contribution in [2.75, 3.05) is 11.9 Å². The van der Waals surface area contributed by atoms with E-state index >= 15 is 0 Å². The molecule has 1 amide bonds. The van der Waals surface area contributed by atoms with Gasteiger partial charge in [0.25, 0.3) is 0 Å². The third-order valence-electron chi connectivity index (χ3n) is 5.40. The maximum absolute atomic E-state index is 13.0. The third kappa shape index (κ3) is 3.41. The predicted octanol–water partition coefficient (Wildman–Crippen LogP) is 5.03. The molecule has 0 radical (unpaired) electrons. The fraction of sp³-hybridized carbons (Fsp3) is 0.227. The molecular formula is C22H20N2O2S3. The number of hydrogen-bond acceptors (Lipinski definition) is 6. The van der Waals surface area contributed by atoms with Gasteiger partial charge in [-0.25, -0.2) is 0 Å². The fourth-order valence-electron chi connectivity index (χ4n) is 3.53. The van der Waals surface area contributed by atoms with E-state index in [0.717, 1.165) is 16.1 Å². The number of nitrogens with two attached hydrogens (primary N) is 1. The molecule has 1 unspecified atom stereocenters. The zero-order chi connectivity index (χ0) is 20.9. The first kappa shape index (κ1) is 20.2. The number of carbonyl (C=O) groups is 2. The van der Waals surface area contributed by atoms with Gasteiger partial charge < -0.3 is 10.6 Å². The van der Waals surface area contributed by atoms with Crippen molar-refractivity contribution in [1.82, 2.24) is 0 Å². The summed E-state index contributed by atoms with van der Waals surface area (Å²) in [5.74, 6) is -1.32. The Hall–Kier alpha value is -2.09. The van der Waals surface area contributed by atoms with E-state index in [0.29, 0.717) is 9.10 Å². The van der Waals surface area contributed by atoms with Crippen LogP contribution in [-0.4, -0.2) is 22.9 Å². The molecule has 0 bridgehead atoms. The molecule has 7 heteroatoms. The topological polar surface area (TPSA) is 63.4 Å². The lowest BCUT2D eigenvalue weighted by molar-refractivity contribution is -0.132. The van der Waals surface area contributed by atoms with Crippen molar-refractivity contribution >= 4 is 69.1 Å². The van der Waals surface area contributed by atoms with E-state index in [1.165, 1.54) is 22.3 Å². The SMILES string of the molecule is CN1c2ccccc2Sc2cc(C=C3SC(=S)C(C(C)(C)C(N)=O)C3=O)ccc21. The number of primary amides is 1. The van der Waals surface area contributed by atoms with E-state index in [4.69, 9.17) is 18.0 Å². The molecule has 148 valence electrons. The highest BCUT2D eigenvalue weighted by Crippen LogP contribution is 2.48. The minimum atomic E-state index is -1.01. The average Bonchev–Trinajstić information content (AvgIpc) is 2.95. The van der Waals surface area contributed by atoms with Crippen molar-refractivity contribution in [1.29, 1.82) is 0 Å². The lowest BCUT2D eigenvalue weighted by atomic mass is 9.76. The molecule has 4 rings (SSSR count). The van der Waals surface area contributed by atoms with Crippen LogP contribution in [0.2, 0.25) is 0 Å². The minimum Gasteiger partial charge on any atom is -0.369 e. The normalized spacial score (nSPS) is 20.0. The van der Waals surface area contributed by atoms with Gasteiger partial charge in [0.05, 0.1) is 31.8 Å². The number of fused-ring (bicyclic) bond motifs is 2. The Kier molecular flexibility index (Phi) is 5.09. The van der Waals surface area contributed by atoms with Crippen molar-refractivity contribution in [3.63, 3.8) is 0 Å². The van der Waals surface area contributed by atoms with Gasteiger partial charge in [-0.15, -0.1) is 0 Å². The summed E-state index contributed by atoms with van der Waals surface area (Å²) >= 11 is 8.40. The molecule has 0 saturated carbocycles. The maximum atomic E-state index is 13.0. The summed E-state index contributed by atoms with van der Waals surface area (Å²) in [5, 5.41) is 0. The molecule has 2 N–H and O–H groups in total. The number of anilines is 2. The van der Waals surface area contributed by atoms with Gasteiger partial charge in [-0.1, -0.05) is 53.9 Å². The third-order valence-corrected chi connectivity index (χ3v) is 7.97. The largest absolute Gasteiger partial charge is 0.369 e. The molecule has 0 aliphatic carbocycles. The van der Waals surface area contributed by atoms with Crippen molar-refractivity contribution in [3.8, 4) is 0 Å². The summed E-state index contributed by atoms with van der Waals surface area (Å²) in [6, 6.07) is 14.4. The van der Waals surface area contributed by atoms with Gasteiger partial charge in [0, 0.05) is 16.8 Å². The van der Waals surface area contributed by atoms with Gasteiger partial charge in [0.2, 0.25) is 5.91 Å². The van der Waals surface area contributed by atoms with Crippen molar-refractivity contribution < 1.29 is 9.59 Å². The van der Waals surface area contributed by atoms with E-state index in [2.05, 4.69) is 36.2 Å². The molecule has 1 atom stereocenters. The smallest absolute Gasteiger partial charge is 0.224 e. The molecule has 0 spiro atoms. The van der Waals surface area contributed by atoms with Crippen molar-refractivity contribution in [2.24, 2.45) is 17.1 Å². The Labute approximate surface area is 183 Å². The van der Waals surface area contributed by atoms with Gasteiger partial charge in [0.15, 0.2) is 5.78 Å². The monoisotopic (exact) mass is 440 g/mol. The number of thiocarbonyl (C=S) groups is 1. The van der Waals surface area contributed by atoms with Gasteiger partial charge in [-0.2, -0.15) is 0 Å². The minimum absolute atomic E-state index is 0.128. The van der Waals surface area contributed by atoms with Crippen LogP contribution in [0, 0.1) is 11.3 Å². The molecular weight excluding hydrogens is 420 g/mol. The zero-order valence-corrected chi connectivity index (χ0v) is 18.7. The Morgan fingerprint density at radius 2 is 1.83 bits per heavy atom. The number of Topliss-reactive ketones (excluding diaryl/α,β-unsaturated/α-hetero) is 1. The quantitative estimate of drug-likeness (QED) is 0.533. The molecule has 2 aliphatic rings. The Morgan fingerprint density at radius 3 is 2.55 bits per heavy atom. The summed E-state index contributed by atoms with van der Waals surface area (Å²) in [6.45, 7) is 3.35. The van der Waals surface area contributed by atoms with Crippen molar-refractivity contribution in [2.45, 2.75) is 23.6 Å². The summed E-state index contributed by atoms with van der Waals surface area (Å²) in [7, 11) is 2.06. The first-order chi connectivity index (χ1) is 13.7. The highest BCUT2D eigenvalue weighted by Gasteiger charge is 2.48. The summed E-state index contributed by atoms with van der Waals surface area (Å²) in [5.41, 5.74) is 7.75. The number of ketones is 1.